The number of aromatic amines is 1. The molecule has 0 saturated carbocycles. The van der Waals surface area contributed by atoms with Gasteiger partial charge in [0.25, 0.3) is 15.9 Å². The number of anilines is 1. The van der Waals surface area contributed by atoms with Crippen molar-refractivity contribution >= 4 is 21.6 Å². The second-order valence-corrected chi connectivity index (χ2v) is 9.62. The van der Waals surface area contributed by atoms with Crippen molar-refractivity contribution in [2.45, 2.75) is 44.9 Å². The molecule has 1 aliphatic heterocycles. The summed E-state index contributed by atoms with van der Waals surface area (Å²) in [5, 5.41) is 6.80. The van der Waals surface area contributed by atoms with Crippen LogP contribution in [0.4, 0.5) is 5.69 Å². The van der Waals surface area contributed by atoms with Gasteiger partial charge in [-0.15, -0.1) is 0 Å². The Morgan fingerprint density at radius 3 is 2.61 bits per heavy atom. The molecule has 1 aliphatic rings. The number of benzene rings is 1. The Morgan fingerprint density at radius 1 is 1.13 bits per heavy atom. The van der Waals surface area contributed by atoms with Crippen LogP contribution in [0.5, 0.6) is 0 Å². The molecule has 0 spiro atoms. The van der Waals surface area contributed by atoms with Gasteiger partial charge in [0.05, 0.1) is 17.4 Å². The van der Waals surface area contributed by atoms with Crippen molar-refractivity contribution < 1.29 is 17.6 Å². The summed E-state index contributed by atoms with van der Waals surface area (Å²) in [6.07, 6.45) is 4.54. The molecule has 1 amide bonds. The number of rotatable bonds is 5. The monoisotopic (exact) mass is 442 g/mol. The molecule has 4 rings (SSSR count). The van der Waals surface area contributed by atoms with E-state index in [1.807, 2.05) is 26.0 Å². The van der Waals surface area contributed by atoms with Crippen LogP contribution in [0.1, 0.15) is 46.5 Å². The topological polar surface area (TPSA) is 108 Å². The first-order chi connectivity index (χ1) is 14.8. The normalized spacial score (nSPS) is 14.6. The molecule has 1 fully saturated rings. The zero-order valence-corrected chi connectivity index (χ0v) is 18.7. The van der Waals surface area contributed by atoms with Gasteiger partial charge in [0.2, 0.25) is 0 Å². The maximum absolute atomic E-state index is 13.1. The number of aromatic nitrogens is 2. The molecule has 3 heterocycles. The van der Waals surface area contributed by atoms with Gasteiger partial charge >= 0.3 is 0 Å². The van der Waals surface area contributed by atoms with Gasteiger partial charge in [-0.25, -0.2) is 8.42 Å². The van der Waals surface area contributed by atoms with Crippen molar-refractivity contribution in [3.63, 3.8) is 0 Å². The Balaban J connectivity index is 1.65. The molecule has 0 unspecified atom stereocenters. The molecule has 0 bridgehead atoms. The molecule has 9 heteroatoms. The lowest BCUT2D eigenvalue weighted by atomic mass is 10.1. The fourth-order valence-corrected chi connectivity index (χ4v) is 5.11. The SMILES string of the molecule is Cc1ccc(C)c(NS(=O)(=O)c2cc(-c3[nH]ncc3C(=O)N3CCCCC3)oc2C)c1. The maximum Gasteiger partial charge on any atom is 0.265 e. The number of H-pyrrole nitrogens is 1. The van der Waals surface area contributed by atoms with Crippen LogP contribution in [0.25, 0.3) is 11.5 Å². The minimum atomic E-state index is -3.88. The first kappa shape index (κ1) is 21.2. The number of hydrogen-bond acceptors (Lipinski definition) is 5. The zero-order valence-electron chi connectivity index (χ0n) is 17.9. The molecule has 1 aromatic carbocycles. The van der Waals surface area contributed by atoms with Gasteiger partial charge < -0.3 is 9.32 Å². The van der Waals surface area contributed by atoms with Gasteiger partial charge in [0.15, 0.2) is 5.76 Å². The molecule has 2 N–H and O–H groups in total. The third-order valence-electron chi connectivity index (χ3n) is 5.56. The number of carbonyl (C=O) groups excluding carboxylic acids is 1. The lowest BCUT2D eigenvalue weighted by Crippen LogP contribution is -2.35. The summed E-state index contributed by atoms with van der Waals surface area (Å²) in [6, 6.07) is 7.01. The van der Waals surface area contributed by atoms with Gasteiger partial charge in [0, 0.05) is 19.2 Å². The van der Waals surface area contributed by atoms with Crippen molar-refractivity contribution in [2.75, 3.05) is 17.8 Å². The lowest BCUT2D eigenvalue weighted by molar-refractivity contribution is 0.0725. The van der Waals surface area contributed by atoms with E-state index >= 15 is 0 Å². The van der Waals surface area contributed by atoms with Gasteiger partial charge in [0.1, 0.15) is 16.3 Å². The number of aryl methyl sites for hydroxylation is 3. The number of hydrogen-bond donors (Lipinski definition) is 2. The van der Waals surface area contributed by atoms with Crippen molar-refractivity contribution in [1.82, 2.24) is 15.1 Å². The predicted molar refractivity (Wildman–Crippen MR) is 118 cm³/mol. The molecule has 3 aromatic rings. The second-order valence-electron chi connectivity index (χ2n) is 7.97. The first-order valence-corrected chi connectivity index (χ1v) is 11.8. The zero-order chi connectivity index (χ0) is 22.2. The number of sulfonamides is 1. The number of likely N-dealkylation sites (tertiary alicyclic amines) is 1. The third kappa shape index (κ3) is 4.23. The Hall–Kier alpha value is -3.07. The number of piperidine rings is 1. The molecule has 164 valence electrons. The van der Waals surface area contributed by atoms with Crippen molar-refractivity contribution in [3.8, 4) is 11.5 Å². The highest BCUT2D eigenvalue weighted by Gasteiger charge is 2.27. The number of amides is 1. The average Bonchev–Trinajstić information content (AvgIpc) is 3.37. The van der Waals surface area contributed by atoms with Crippen LogP contribution in [0, 0.1) is 20.8 Å². The Kier molecular flexibility index (Phi) is 5.62. The summed E-state index contributed by atoms with van der Waals surface area (Å²) >= 11 is 0. The minimum Gasteiger partial charge on any atom is -0.458 e. The minimum absolute atomic E-state index is 0.0226. The van der Waals surface area contributed by atoms with Crippen LogP contribution in [-0.4, -0.2) is 42.5 Å². The fourth-order valence-electron chi connectivity index (χ4n) is 3.80. The van der Waals surface area contributed by atoms with E-state index < -0.39 is 10.0 Å². The van der Waals surface area contributed by atoms with Gasteiger partial charge in [-0.2, -0.15) is 5.10 Å². The molecule has 1 saturated heterocycles. The quantitative estimate of drug-likeness (QED) is 0.620. The van der Waals surface area contributed by atoms with Crippen molar-refractivity contribution in [2.24, 2.45) is 0 Å². The molecule has 0 aliphatic carbocycles. The molecular weight excluding hydrogens is 416 g/mol. The number of nitrogens with one attached hydrogen (secondary N) is 2. The van der Waals surface area contributed by atoms with E-state index in [1.54, 1.807) is 17.9 Å². The summed E-state index contributed by atoms with van der Waals surface area (Å²) in [6.45, 7) is 6.75. The van der Waals surface area contributed by atoms with E-state index in [4.69, 9.17) is 4.42 Å². The Morgan fingerprint density at radius 2 is 1.87 bits per heavy atom. The summed E-state index contributed by atoms with van der Waals surface area (Å²) < 4.78 is 34.5. The molecule has 0 radical (unpaired) electrons. The molecule has 2 aromatic heterocycles. The highest BCUT2D eigenvalue weighted by Crippen LogP contribution is 2.31. The van der Waals surface area contributed by atoms with Gasteiger partial charge in [-0.3, -0.25) is 14.6 Å². The van der Waals surface area contributed by atoms with Crippen LogP contribution in [-0.2, 0) is 10.0 Å². The third-order valence-corrected chi connectivity index (χ3v) is 7.03. The smallest absolute Gasteiger partial charge is 0.265 e. The summed E-state index contributed by atoms with van der Waals surface area (Å²) in [5.41, 5.74) is 3.04. The number of furan rings is 1. The van der Waals surface area contributed by atoms with Crippen molar-refractivity contribution in [3.05, 3.63) is 52.9 Å². The Bertz CT molecular complexity index is 1220. The molecule has 31 heavy (non-hydrogen) atoms. The van der Waals surface area contributed by atoms with E-state index in [0.717, 1.165) is 30.4 Å². The van der Waals surface area contributed by atoms with Crippen LogP contribution in [0.3, 0.4) is 0 Å². The predicted octanol–water partition coefficient (Wildman–Crippen LogP) is 4.02. The summed E-state index contributed by atoms with van der Waals surface area (Å²) in [5.74, 6) is 0.367. The molecule has 8 nitrogen and oxygen atoms in total. The van der Waals surface area contributed by atoms with Crippen LogP contribution >= 0.6 is 0 Å². The fraction of sp³-hybridized carbons (Fsp3) is 0.364. The van der Waals surface area contributed by atoms with Crippen LogP contribution < -0.4 is 4.72 Å². The highest BCUT2D eigenvalue weighted by atomic mass is 32.2. The van der Waals surface area contributed by atoms with E-state index in [2.05, 4.69) is 14.9 Å². The van der Waals surface area contributed by atoms with E-state index in [0.29, 0.717) is 30.0 Å². The van der Waals surface area contributed by atoms with Gasteiger partial charge in [-0.1, -0.05) is 12.1 Å². The number of nitrogens with zero attached hydrogens (tertiary/aromatic N) is 2. The van der Waals surface area contributed by atoms with Crippen LogP contribution in [0.15, 0.2) is 39.8 Å². The lowest BCUT2D eigenvalue weighted by Gasteiger charge is -2.26. The van der Waals surface area contributed by atoms with Crippen molar-refractivity contribution in [1.29, 1.82) is 0 Å². The maximum atomic E-state index is 13.1. The number of carbonyl (C=O) groups is 1. The summed E-state index contributed by atoms with van der Waals surface area (Å²) in [4.78, 5) is 14.8. The second kappa shape index (κ2) is 8.22. The van der Waals surface area contributed by atoms with E-state index in [1.165, 1.54) is 12.3 Å². The molecule has 0 atom stereocenters. The average molecular weight is 443 g/mol. The van der Waals surface area contributed by atoms with E-state index in [-0.39, 0.29) is 22.3 Å². The largest absolute Gasteiger partial charge is 0.458 e. The van der Waals surface area contributed by atoms with Gasteiger partial charge in [-0.05, 0) is 57.2 Å². The standard InChI is InChI=1S/C22H26N4O4S/c1-14-7-8-15(2)18(11-14)25-31(28,29)20-12-19(30-16(20)3)21-17(13-23-24-21)22(27)26-9-5-4-6-10-26/h7-8,11-13,25H,4-6,9-10H2,1-3H3,(H,23,24). The Labute approximate surface area is 181 Å². The first-order valence-electron chi connectivity index (χ1n) is 10.3. The summed E-state index contributed by atoms with van der Waals surface area (Å²) in [7, 11) is -3.88. The van der Waals surface area contributed by atoms with E-state index in [9.17, 15) is 13.2 Å². The highest BCUT2D eigenvalue weighted by molar-refractivity contribution is 7.92. The molecular formula is C22H26N4O4S. The van der Waals surface area contributed by atoms with Crippen LogP contribution in [0.2, 0.25) is 0 Å².